The van der Waals surface area contributed by atoms with Crippen molar-refractivity contribution in [3.05, 3.63) is 0 Å². The number of hydrogen-bond donors (Lipinski definition) is 0. The maximum absolute atomic E-state index is 5.50. The van der Waals surface area contributed by atoms with Crippen molar-refractivity contribution in [1.82, 2.24) is 4.90 Å². The molecule has 0 aromatic heterocycles. The van der Waals surface area contributed by atoms with Crippen LogP contribution >= 0.6 is 22.6 Å². The third-order valence-corrected chi connectivity index (χ3v) is 2.24. The van der Waals surface area contributed by atoms with Gasteiger partial charge in [0.25, 0.3) is 0 Å². The molecule has 0 bridgehead atoms. The molecule has 3 heteroatoms. The van der Waals surface area contributed by atoms with Crippen LogP contribution in [-0.4, -0.2) is 35.8 Å². The molecular formula is C7H14INO. The number of likely N-dealkylation sites (N-methyl/N-ethyl adjacent to an activating group) is 1. The maximum Gasteiger partial charge on any atom is 0.0983 e. The third kappa shape index (κ3) is 2.72. The lowest BCUT2D eigenvalue weighted by atomic mass is 10.1. The van der Waals surface area contributed by atoms with E-state index in [1.807, 2.05) is 0 Å². The van der Waals surface area contributed by atoms with Gasteiger partial charge in [-0.1, -0.05) is 22.6 Å². The van der Waals surface area contributed by atoms with Gasteiger partial charge in [0.1, 0.15) is 0 Å². The van der Waals surface area contributed by atoms with Crippen LogP contribution in [0.15, 0.2) is 0 Å². The molecule has 60 valence electrons. The minimum atomic E-state index is 0.496. The lowest BCUT2D eigenvalue weighted by Gasteiger charge is -2.28. The van der Waals surface area contributed by atoms with Gasteiger partial charge in [0.15, 0.2) is 0 Å². The van der Waals surface area contributed by atoms with E-state index >= 15 is 0 Å². The average molecular weight is 255 g/mol. The molecule has 1 heterocycles. The monoisotopic (exact) mass is 255 g/mol. The van der Waals surface area contributed by atoms with Crippen molar-refractivity contribution in [2.24, 2.45) is 0 Å². The quantitative estimate of drug-likeness (QED) is 0.547. The van der Waals surface area contributed by atoms with Crippen molar-refractivity contribution in [2.45, 2.75) is 18.9 Å². The van der Waals surface area contributed by atoms with Gasteiger partial charge in [-0.3, -0.25) is 0 Å². The molecule has 0 aromatic carbocycles. The molecule has 1 unspecified atom stereocenters. The van der Waals surface area contributed by atoms with Crippen LogP contribution < -0.4 is 0 Å². The van der Waals surface area contributed by atoms with E-state index in [4.69, 9.17) is 4.74 Å². The first-order chi connectivity index (χ1) is 4.83. The normalized spacial score (nSPS) is 28.8. The summed E-state index contributed by atoms with van der Waals surface area (Å²) in [6.07, 6.45) is 3.03. The molecule has 1 saturated heterocycles. The fourth-order valence-corrected chi connectivity index (χ4v) is 1.85. The molecule has 1 rings (SSSR count). The second-order valence-corrected chi connectivity index (χ2v) is 3.43. The van der Waals surface area contributed by atoms with Gasteiger partial charge in [0.2, 0.25) is 0 Å². The Bertz CT molecular complexity index is 97.6. The topological polar surface area (TPSA) is 12.5 Å². The van der Waals surface area contributed by atoms with E-state index in [1.165, 1.54) is 19.4 Å². The molecule has 0 spiro atoms. The summed E-state index contributed by atoms with van der Waals surface area (Å²) >= 11 is 2.26. The molecule has 0 aliphatic carbocycles. The minimum absolute atomic E-state index is 0.496. The molecule has 2 nitrogen and oxygen atoms in total. The predicted molar refractivity (Wildman–Crippen MR) is 50.5 cm³/mol. The number of likely N-dealkylation sites (tertiary alicyclic amines) is 1. The Hall–Kier alpha value is 0.650. The highest BCUT2D eigenvalue weighted by atomic mass is 127. The molecular weight excluding hydrogens is 241 g/mol. The van der Waals surface area contributed by atoms with Crippen LogP contribution in [0.3, 0.4) is 0 Å². The zero-order valence-corrected chi connectivity index (χ0v) is 8.50. The van der Waals surface area contributed by atoms with Crippen LogP contribution in [0.5, 0.6) is 0 Å². The Balaban J connectivity index is 2.18. The summed E-state index contributed by atoms with van der Waals surface area (Å²) in [6, 6.07) is 0. The molecule has 1 atom stereocenters. The number of ether oxygens (including phenoxy) is 1. The van der Waals surface area contributed by atoms with Crippen molar-refractivity contribution in [3.8, 4) is 0 Å². The molecule has 1 aliphatic rings. The summed E-state index contributed by atoms with van der Waals surface area (Å²) < 4.78 is 6.33. The highest BCUT2D eigenvalue weighted by Gasteiger charge is 2.16. The predicted octanol–water partition coefficient (Wildman–Crippen LogP) is 1.49. The first-order valence-electron chi connectivity index (χ1n) is 3.69. The van der Waals surface area contributed by atoms with E-state index in [2.05, 4.69) is 34.5 Å². The number of alkyl halides is 1. The molecule has 0 amide bonds. The Morgan fingerprint density at radius 3 is 3.10 bits per heavy atom. The highest BCUT2D eigenvalue weighted by Crippen LogP contribution is 2.11. The number of rotatable bonds is 2. The first kappa shape index (κ1) is 8.74. The van der Waals surface area contributed by atoms with E-state index in [0.717, 1.165) is 11.2 Å². The summed E-state index contributed by atoms with van der Waals surface area (Å²) in [6.45, 7) is 2.35. The van der Waals surface area contributed by atoms with Crippen molar-refractivity contribution in [3.63, 3.8) is 0 Å². The number of halogens is 1. The average Bonchev–Trinajstić information content (AvgIpc) is 1.88. The van der Waals surface area contributed by atoms with Crippen molar-refractivity contribution >= 4 is 22.6 Å². The molecule has 0 saturated carbocycles. The standard InChI is InChI=1S/C7H14INO/c1-9-4-2-3-7(5-9)10-6-8/h7H,2-6H2,1H3. The molecule has 1 aliphatic heterocycles. The second kappa shape index (κ2) is 4.51. The number of piperidine rings is 1. The molecule has 0 N–H and O–H groups in total. The summed E-state index contributed by atoms with van der Waals surface area (Å²) in [5, 5.41) is 0. The smallest absolute Gasteiger partial charge is 0.0983 e. The van der Waals surface area contributed by atoms with Crippen molar-refractivity contribution in [2.75, 3.05) is 24.8 Å². The summed E-state index contributed by atoms with van der Waals surface area (Å²) in [4.78, 5) is 2.33. The van der Waals surface area contributed by atoms with E-state index < -0.39 is 0 Å². The van der Waals surface area contributed by atoms with Gasteiger partial charge in [0, 0.05) is 6.54 Å². The van der Waals surface area contributed by atoms with E-state index in [-0.39, 0.29) is 0 Å². The lowest BCUT2D eigenvalue weighted by molar-refractivity contribution is 0.0366. The number of hydrogen-bond acceptors (Lipinski definition) is 2. The Morgan fingerprint density at radius 1 is 1.70 bits per heavy atom. The molecule has 10 heavy (non-hydrogen) atoms. The van der Waals surface area contributed by atoms with Crippen LogP contribution in [0.25, 0.3) is 0 Å². The minimum Gasteiger partial charge on any atom is -0.367 e. The largest absolute Gasteiger partial charge is 0.367 e. The van der Waals surface area contributed by atoms with E-state index in [9.17, 15) is 0 Å². The molecule has 0 radical (unpaired) electrons. The Labute approximate surface area is 76.1 Å². The highest BCUT2D eigenvalue weighted by molar-refractivity contribution is 14.1. The van der Waals surface area contributed by atoms with Crippen molar-refractivity contribution in [1.29, 1.82) is 0 Å². The van der Waals surface area contributed by atoms with Gasteiger partial charge in [0.05, 0.1) is 10.7 Å². The fourth-order valence-electron chi connectivity index (χ4n) is 1.34. The maximum atomic E-state index is 5.50. The van der Waals surface area contributed by atoms with Gasteiger partial charge in [-0.2, -0.15) is 0 Å². The van der Waals surface area contributed by atoms with Gasteiger partial charge >= 0.3 is 0 Å². The lowest BCUT2D eigenvalue weighted by Crippen LogP contribution is -2.36. The third-order valence-electron chi connectivity index (χ3n) is 1.88. The Morgan fingerprint density at radius 2 is 2.50 bits per heavy atom. The van der Waals surface area contributed by atoms with Crippen LogP contribution in [0.4, 0.5) is 0 Å². The number of nitrogens with zero attached hydrogens (tertiary/aromatic N) is 1. The van der Waals surface area contributed by atoms with Gasteiger partial charge in [-0.05, 0) is 26.4 Å². The molecule has 1 fully saturated rings. The summed E-state index contributed by atoms with van der Waals surface area (Å²) in [5.41, 5.74) is 0. The SMILES string of the molecule is CN1CCCC(OCI)C1. The zero-order valence-electron chi connectivity index (χ0n) is 6.35. The second-order valence-electron chi connectivity index (χ2n) is 2.80. The van der Waals surface area contributed by atoms with Crippen molar-refractivity contribution < 1.29 is 4.74 Å². The van der Waals surface area contributed by atoms with Crippen LogP contribution in [0.2, 0.25) is 0 Å². The zero-order chi connectivity index (χ0) is 7.40. The summed E-state index contributed by atoms with van der Waals surface area (Å²) in [5.74, 6) is 0. The van der Waals surface area contributed by atoms with E-state index in [0.29, 0.717) is 6.10 Å². The van der Waals surface area contributed by atoms with Gasteiger partial charge in [-0.25, -0.2) is 0 Å². The van der Waals surface area contributed by atoms with E-state index in [1.54, 1.807) is 0 Å². The first-order valence-corrected chi connectivity index (χ1v) is 5.21. The van der Waals surface area contributed by atoms with Gasteiger partial charge in [-0.15, -0.1) is 0 Å². The Kier molecular flexibility index (Phi) is 3.95. The van der Waals surface area contributed by atoms with Crippen LogP contribution in [-0.2, 0) is 4.74 Å². The molecule has 0 aromatic rings. The van der Waals surface area contributed by atoms with Crippen LogP contribution in [0.1, 0.15) is 12.8 Å². The fraction of sp³-hybridized carbons (Fsp3) is 1.00. The van der Waals surface area contributed by atoms with Gasteiger partial charge < -0.3 is 9.64 Å². The summed E-state index contributed by atoms with van der Waals surface area (Å²) in [7, 11) is 2.16. The van der Waals surface area contributed by atoms with Crippen LogP contribution in [0, 0.1) is 0 Å².